The first kappa shape index (κ1) is 15.8. The zero-order valence-electron chi connectivity index (χ0n) is 9.39. The van der Waals surface area contributed by atoms with Crippen LogP contribution in [0.25, 0.3) is 0 Å². The van der Waals surface area contributed by atoms with Crippen molar-refractivity contribution in [2.45, 2.75) is 12.1 Å². The monoisotopic (exact) mass is 300 g/mol. The summed E-state index contributed by atoms with van der Waals surface area (Å²) < 4.78 is 73.2. The molecule has 0 atom stereocenters. The van der Waals surface area contributed by atoms with Crippen molar-refractivity contribution in [3.8, 4) is 0 Å². The molecule has 0 aromatic heterocycles. The quantitative estimate of drug-likeness (QED) is 0.825. The van der Waals surface area contributed by atoms with Crippen LogP contribution >= 0.6 is 0 Å². The van der Waals surface area contributed by atoms with Gasteiger partial charge in [0, 0.05) is 5.69 Å². The van der Waals surface area contributed by atoms with Gasteiger partial charge in [0.15, 0.2) is 0 Å². The molecule has 0 heterocycles. The first-order valence-electron chi connectivity index (χ1n) is 4.86. The third kappa shape index (κ3) is 3.62. The zero-order chi connectivity index (χ0) is 15.6. The van der Waals surface area contributed by atoms with Gasteiger partial charge in [-0.05, 0) is 18.2 Å². The first-order chi connectivity index (χ1) is 9.04. The minimum Gasteiger partial charge on any atom is -0.308 e. The smallest absolute Gasteiger partial charge is 0.308 e. The number of anilines is 1. The van der Waals surface area contributed by atoms with Crippen molar-refractivity contribution in [3.63, 3.8) is 0 Å². The van der Waals surface area contributed by atoms with Gasteiger partial charge in [0.1, 0.15) is 5.82 Å². The topological polar surface area (TPSA) is 58.2 Å². The molecule has 0 saturated carbocycles. The van der Waals surface area contributed by atoms with Crippen LogP contribution in [0.2, 0.25) is 0 Å². The lowest BCUT2D eigenvalue weighted by Gasteiger charge is -2.18. The molecule has 10 heteroatoms. The van der Waals surface area contributed by atoms with Crippen LogP contribution in [-0.2, 0) is 4.79 Å². The standard InChI is InChI=1S/C10H6F6N2O2/c11-5-2-1-3-6(4-5)17-8(20)18-7(19)9(12,13)10(14,15)16/h1-4H,(H2,17,18,19,20). The molecule has 110 valence electrons. The Balaban J connectivity index is 2.70. The highest BCUT2D eigenvalue weighted by atomic mass is 19.4. The van der Waals surface area contributed by atoms with Crippen LogP contribution in [-0.4, -0.2) is 24.0 Å². The molecule has 0 bridgehead atoms. The summed E-state index contributed by atoms with van der Waals surface area (Å²) in [5.74, 6) is -9.33. The molecule has 3 amide bonds. The van der Waals surface area contributed by atoms with E-state index in [9.17, 15) is 35.9 Å². The Bertz CT molecular complexity index is 529. The molecule has 0 aliphatic rings. The third-order valence-electron chi connectivity index (χ3n) is 1.95. The summed E-state index contributed by atoms with van der Waals surface area (Å²) in [6.07, 6.45) is -6.13. The minimum atomic E-state index is -6.13. The van der Waals surface area contributed by atoms with Gasteiger partial charge >= 0.3 is 24.0 Å². The molecule has 1 aromatic carbocycles. The van der Waals surface area contributed by atoms with E-state index in [2.05, 4.69) is 0 Å². The van der Waals surface area contributed by atoms with Crippen molar-refractivity contribution in [1.82, 2.24) is 5.32 Å². The van der Waals surface area contributed by atoms with Crippen LogP contribution in [0.15, 0.2) is 24.3 Å². The molecule has 0 aliphatic heterocycles. The van der Waals surface area contributed by atoms with Crippen LogP contribution in [0.4, 0.5) is 36.8 Å². The number of hydrogen-bond acceptors (Lipinski definition) is 2. The van der Waals surface area contributed by atoms with Crippen molar-refractivity contribution in [2.75, 3.05) is 5.32 Å². The number of carbonyl (C=O) groups is 2. The lowest BCUT2D eigenvalue weighted by Crippen LogP contribution is -2.52. The molecule has 4 nitrogen and oxygen atoms in total. The lowest BCUT2D eigenvalue weighted by molar-refractivity contribution is -0.269. The highest BCUT2D eigenvalue weighted by molar-refractivity contribution is 6.03. The molecule has 2 N–H and O–H groups in total. The van der Waals surface area contributed by atoms with Crippen LogP contribution in [0.3, 0.4) is 0 Å². The number of alkyl halides is 5. The molecule has 0 spiro atoms. The number of imide groups is 1. The molecule has 0 radical (unpaired) electrons. The van der Waals surface area contributed by atoms with Crippen molar-refractivity contribution < 1.29 is 35.9 Å². The van der Waals surface area contributed by atoms with Crippen LogP contribution in [0, 0.1) is 5.82 Å². The number of halogens is 6. The van der Waals surface area contributed by atoms with E-state index in [4.69, 9.17) is 0 Å². The number of urea groups is 1. The molecule has 1 rings (SSSR count). The summed E-state index contributed by atoms with van der Waals surface area (Å²) >= 11 is 0. The van der Waals surface area contributed by atoms with E-state index in [1.165, 1.54) is 0 Å². The highest BCUT2D eigenvalue weighted by Gasteiger charge is 2.63. The molecule has 0 saturated heterocycles. The van der Waals surface area contributed by atoms with E-state index < -0.39 is 29.9 Å². The van der Waals surface area contributed by atoms with E-state index in [0.29, 0.717) is 0 Å². The first-order valence-corrected chi connectivity index (χ1v) is 4.86. The summed E-state index contributed by atoms with van der Waals surface area (Å²) in [4.78, 5) is 21.7. The van der Waals surface area contributed by atoms with Gasteiger partial charge in [-0.25, -0.2) is 9.18 Å². The maximum atomic E-state index is 12.7. The number of rotatable bonds is 2. The highest BCUT2D eigenvalue weighted by Crippen LogP contribution is 2.35. The Morgan fingerprint density at radius 3 is 2.15 bits per heavy atom. The Kier molecular flexibility index (Phi) is 4.26. The number of nitrogens with one attached hydrogen (secondary N) is 2. The van der Waals surface area contributed by atoms with E-state index >= 15 is 0 Å². The molecule has 0 unspecified atom stereocenters. The average Bonchev–Trinajstić information content (AvgIpc) is 2.26. The third-order valence-corrected chi connectivity index (χ3v) is 1.95. The molecule has 0 fully saturated rings. The second kappa shape index (κ2) is 5.39. The second-order valence-electron chi connectivity index (χ2n) is 3.49. The summed E-state index contributed by atoms with van der Waals surface area (Å²) in [6.45, 7) is 0. The van der Waals surface area contributed by atoms with E-state index in [1.54, 1.807) is 5.32 Å². The van der Waals surface area contributed by atoms with Gasteiger partial charge in [0.2, 0.25) is 0 Å². The minimum absolute atomic E-state index is 0.231. The molecular weight excluding hydrogens is 294 g/mol. The average molecular weight is 300 g/mol. The van der Waals surface area contributed by atoms with Gasteiger partial charge < -0.3 is 5.32 Å². The van der Waals surface area contributed by atoms with Gasteiger partial charge in [0.25, 0.3) is 0 Å². The van der Waals surface area contributed by atoms with E-state index in [0.717, 1.165) is 29.6 Å². The normalized spacial score (nSPS) is 11.9. The zero-order valence-corrected chi connectivity index (χ0v) is 9.39. The van der Waals surface area contributed by atoms with Crippen LogP contribution in [0.5, 0.6) is 0 Å². The Morgan fingerprint density at radius 2 is 1.65 bits per heavy atom. The Hall–Kier alpha value is -2.26. The lowest BCUT2D eigenvalue weighted by atomic mass is 10.3. The van der Waals surface area contributed by atoms with Crippen molar-refractivity contribution in [1.29, 1.82) is 0 Å². The molecule has 1 aromatic rings. The largest absolute Gasteiger partial charge is 0.463 e. The predicted molar refractivity (Wildman–Crippen MR) is 54.6 cm³/mol. The van der Waals surface area contributed by atoms with Crippen molar-refractivity contribution >= 4 is 17.6 Å². The molecular formula is C10H6F6N2O2. The van der Waals surface area contributed by atoms with Crippen LogP contribution < -0.4 is 10.6 Å². The predicted octanol–water partition coefficient (Wildman–Crippen LogP) is 2.67. The van der Waals surface area contributed by atoms with E-state index in [-0.39, 0.29) is 5.69 Å². The van der Waals surface area contributed by atoms with Gasteiger partial charge in [-0.2, -0.15) is 22.0 Å². The second-order valence-corrected chi connectivity index (χ2v) is 3.49. The Morgan fingerprint density at radius 1 is 1.05 bits per heavy atom. The van der Waals surface area contributed by atoms with Crippen molar-refractivity contribution in [3.05, 3.63) is 30.1 Å². The van der Waals surface area contributed by atoms with Gasteiger partial charge in [-0.3, -0.25) is 10.1 Å². The van der Waals surface area contributed by atoms with Crippen molar-refractivity contribution in [2.24, 2.45) is 0 Å². The maximum Gasteiger partial charge on any atom is 0.463 e. The molecule has 0 aliphatic carbocycles. The maximum absolute atomic E-state index is 12.7. The fourth-order valence-electron chi connectivity index (χ4n) is 1.04. The van der Waals surface area contributed by atoms with Gasteiger partial charge in [-0.1, -0.05) is 6.07 Å². The Labute approximate surface area is 107 Å². The van der Waals surface area contributed by atoms with Gasteiger partial charge in [0.05, 0.1) is 0 Å². The van der Waals surface area contributed by atoms with E-state index in [1.807, 2.05) is 0 Å². The summed E-state index contributed by atoms with van der Waals surface area (Å²) in [6, 6.07) is 2.41. The number of carbonyl (C=O) groups excluding carboxylic acids is 2. The fourth-order valence-corrected chi connectivity index (χ4v) is 1.04. The van der Waals surface area contributed by atoms with Gasteiger partial charge in [-0.15, -0.1) is 0 Å². The summed E-state index contributed by atoms with van der Waals surface area (Å²) in [7, 11) is 0. The fraction of sp³-hybridized carbons (Fsp3) is 0.200. The number of amides is 3. The number of benzene rings is 1. The summed E-state index contributed by atoms with van der Waals surface area (Å²) in [5.41, 5.74) is -0.231. The SMILES string of the molecule is O=C(NC(=O)C(F)(F)C(F)(F)F)Nc1cccc(F)c1. The number of hydrogen-bond donors (Lipinski definition) is 2. The molecule has 20 heavy (non-hydrogen) atoms. The summed E-state index contributed by atoms with van der Waals surface area (Å²) in [5, 5.41) is 2.54. The van der Waals surface area contributed by atoms with Crippen LogP contribution in [0.1, 0.15) is 0 Å².